The minimum Gasteiger partial charge on any atom is -0.302 e. The van der Waals surface area contributed by atoms with Gasteiger partial charge in [0.2, 0.25) is 15.9 Å². The third-order valence-corrected chi connectivity index (χ3v) is 6.67. The molecule has 1 aromatic carbocycles. The summed E-state index contributed by atoms with van der Waals surface area (Å²) >= 11 is 1.43. The minimum absolute atomic E-state index is 0.103. The van der Waals surface area contributed by atoms with Crippen LogP contribution in [0.1, 0.15) is 30.7 Å². The summed E-state index contributed by atoms with van der Waals surface area (Å²) in [6.45, 7) is 6.45. The van der Waals surface area contributed by atoms with Crippen molar-refractivity contribution in [3.05, 3.63) is 40.9 Å². The first-order valence-electron chi connectivity index (χ1n) is 8.18. The zero-order chi connectivity index (χ0) is 18.4. The van der Waals surface area contributed by atoms with Crippen molar-refractivity contribution in [2.24, 2.45) is 0 Å². The molecule has 0 bridgehead atoms. The molecule has 0 unspecified atom stereocenters. The van der Waals surface area contributed by atoms with E-state index in [1.165, 1.54) is 15.6 Å². The van der Waals surface area contributed by atoms with Gasteiger partial charge in [0, 0.05) is 30.6 Å². The van der Waals surface area contributed by atoms with Gasteiger partial charge in [-0.1, -0.05) is 26.0 Å². The van der Waals surface area contributed by atoms with Gasteiger partial charge in [0.25, 0.3) is 0 Å². The second-order valence-electron chi connectivity index (χ2n) is 5.56. The van der Waals surface area contributed by atoms with Crippen LogP contribution in [0.3, 0.4) is 0 Å². The van der Waals surface area contributed by atoms with E-state index in [4.69, 9.17) is 0 Å². The highest BCUT2D eigenvalue weighted by atomic mass is 32.2. The molecule has 136 valence electrons. The molecule has 0 saturated heterocycles. The van der Waals surface area contributed by atoms with Gasteiger partial charge in [0.15, 0.2) is 5.13 Å². The average Bonchev–Trinajstić information content (AvgIpc) is 2.99. The standard InChI is InChI=1S/C17H23N3O3S2/c1-4-20(5-2)25(22,23)15-9-6-14(7-10-15)8-11-16(21)19-17-18-12-13(3)24-17/h6-7,9-10,12H,4-5,8,11H2,1-3H3,(H,18,19,21). The molecule has 1 N–H and O–H groups in total. The molecule has 2 rings (SSSR count). The highest BCUT2D eigenvalue weighted by molar-refractivity contribution is 7.89. The van der Waals surface area contributed by atoms with Crippen molar-refractivity contribution in [1.82, 2.24) is 9.29 Å². The van der Waals surface area contributed by atoms with E-state index in [1.54, 1.807) is 30.5 Å². The summed E-state index contributed by atoms with van der Waals surface area (Å²) in [5, 5.41) is 3.36. The number of nitrogens with zero attached hydrogens (tertiary/aromatic N) is 2. The van der Waals surface area contributed by atoms with E-state index in [0.29, 0.717) is 31.1 Å². The van der Waals surface area contributed by atoms with E-state index in [0.717, 1.165) is 10.4 Å². The van der Waals surface area contributed by atoms with Gasteiger partial charge in [0.05, 0.1) is 4.90 Å². The van der Waals surface area contributed by atoms with Gasteiger partial charge < -0.3 is 5.32 Å². The molecule has 0 spiro atoms. The van der Waals surface area contributed by atoms with Crippen molar-refractivity contribution >= 4 is 32.4 Å². The fourth-order valence-corrected chi connectivity index (χ4v) is 4.53. The van der Waals surface area contributed by atoms with Crippen LogP contribution in [-0.4, -0.2) is 36.7 Å². The number of hydrogen-bond donors (Lipinski definition) is 1. The molecule has 1 aromatic heterocycles. The molecule has 0 saturated carbocycles. The lowest BCUT2D eigenvalue weighted by Gasteiger charge is -2.18. The number of amides is 1. The Morgan fingerprint density at radius 3 is 2.36 bits per heavy atom. The van der Waals surface area contributed by atoms with Crippen LogP contribution in [0.5, 0.6) is 0 Å². The molecule has 25 heavy (non-hydrogen) atoms. The van der Waals surface area contributed by atoms with E-state index < -0.39 is 10.0 Å². The molecule has 0 fully saturated rings. The topological polar surface area (TPSA) is 79.4 Å². The van der Waals surface area contributed by atoms with Gasteiger partial charge in [-0.2, -0.15) is 4.31 Å². The molecule has 0 radical (unpaired) electrons. The number of thiazole rings is 1. The number of aryl methyl sites for hydroxylation is 2. The first-order valence-corrected chi connectivity index (χ1v) is 10.4. The van der Waals surface area contributed by atoms with E-state index in [-0.39, 0.29) is 10.8 Å². The molecule has 0 aliphatic carbocycles. The molecule has 1 amide bonds. The van der Waals surface area contributed by atoms with Crippen LogP contribution in [-0.2, 0) is 21.2 Å². The minimum atomic E-state index is -3.44. The van der Waals surface area contributed by atoms with Crippen molar-refractivity contribution in [3.63, 3.8) is 0 Å². The summed E-state index contributed by atoms with van der Waals surface area (Å²) < 4.78 is 26.3. The largest absolute Gasteiger partial charge is 0.302 e. The number of aromatic nitrogens is 1. The van der Waals surface area contributed by atoms with Crippen molar-refractivity contribution in [1.29, 1.82) is 0 Å². The SMILES string of the molecule is CCN(CC)S(=O)(=O)c1ccc(CCC(=O)Nc2ncc(C)s2)cc1. The first-order chi connectivity index (χ1) is 11.9. The van der Waals surface area contributed by atoms with Gasteiger partial charge in [-0.15, -0.1) is 11.3 Å². The zero-order valence-corrected chi connectivity index (χ0v) is 16.3. The fourth-order valence-electron chi connectivity index (χ4n) is 2.39. The second-order valence-corrected chi connectivity index (χ2v) is 8.73. The Hall–Kier alpha value is -1.77. The van der Waals surface area contributed by atoms with Crippen LogP contribution in [0.15, 0.2) is 35.4 Å². The van der Waals surface area contributed by atoms with Crippen molar-refractivity contribution in [2.75, 3.05) is 18.4 Å². The molecule has 0 aliphatic heterocycles. The number of sulfonamides is 1. The highest BCUT2D eigenvalue weighted by Gasteiger charge is 2.21. The number of benzene rings is 1. The van der Waals surface area contributed by atoms with E-state index >= 15 is 0 Å². The molecule has 0 aliphatic rings. The Kier molecular flexibility index (Phi) is 6.69. The van der Waals surface area contributed by atoms with Crippen LogP contribution in [0, 0.1) is 6.92 Å². The Bertz CT molecular complexity index is 810. The van der Waals surface area contributed by atoms with Crippen LogP contribution in [0.25, 0.3) is 0 Å². The van der Waals surface area contributed by atoms with Gasteiger partial charge in [-0.25, -0.2) is 13.4 Å². The quantitative estimate of drug-likeness (QED) is 0.762. The molecule has 8 heteroatoms. The Morgan fingerprint density at radius 2 is 1.84 bits per heavy atom. The number of anilines is 1. The maximum Gasteiger partial charge on any atom is 0.243 e. The molecule has 2 aromatic rings. The molecule has 0 atom stereocenters. The summed E-state index contributed by atoms with van der Waals surface area (Å²) in [5.74, 6) is -0.103. The molecular weight excluding hydrogens is 358 g/mol. The van der Waals surface area contributed by atoms with Gasteiger partial charge in [-0.05, 0) is 31.0 Å². The van der Waals surface area contributed by atoms with E-state index in [2.05, 4.69) is 10.3 Å². The summed E-state index contributed by atoms with van der Waals surface area (Å²) in [5.41, 5.74) is 0.920. The number of carbonyl (C=O) groups excluding carboxylic acids is 1. The van der Waals surface area contributed by atoms with Gasteiger partial charge in [0.1, 0.15) is 0 Å². The maximum absolute atomic E-state index is 12.4. The molecule has 6 nitrogen and oxygen atoms in total. The third-order valence-electron chi connectivity index (χ3n) is 3.77. The Morgan fingerprint density at radius 1 is 1.20 bits per heavy atom. The second kappa shape index (κ2) is 8.55. The van der Waals surface area contributed by atoms with Crippen molar-refractivity contribution < 1.29 is 13.2 Å². The molecular formula is C17H23N3O3S2. The van der Waals surface area contributed by atoms with Crippen LogP contribution in [0.4, 0.5) is 5.13 Å². The van der Waals surface area contributed by atoms with Crippen LogP contribution >= 0.6 is 11.3 Å². The maximum atomic E-state index is 12.4. The monoisotopic (exact) mass is 381 g/mol. The fraction of sp³-hybridized carbons (Fsp3) is 0.412. The number of nitrogens with one attached hydrogen (secondary N) is 1. The lowest BCUT2D eigenvalue weighted by Crippen LogP contribution is -2.30. The Balaban J connectivity index is 1.95. The number of hydrogen-bond acceptors (Lipinski definition) is 5. The average molecular weight is 382 g/mol. The Labute approximate surface area is 153 Å². The lowest BCUT2D eigenvalue weighted by molar-refractivity contribution is -0.116. The predicted octanol–water partition coefficient (Wildman–Crippen LogP) is 3.05. The third kappa shape index (κ3) is 5.10. The van der Waals surface area contributed by atoms with Crippen molar-refractivity contribution in [2.45, 2.75) is 38.5 Å². The number of rotatable bonds is 8. The summed E-state index contributed by atoms with van der Waals surface area (Å²) in [7, 11) is -3.44. The predicted molar refractivity (Wildman–Crippen MR) is 100 cm³/mol. The molecule has 1 heterocycles. The van der Waals surface area contributed by atoms with E-state index in [9.17, 15) is 13.2 Å². The highest BCUT2D eigenvalue weighted by Crippen LogP contribution is 2.18. The van der Waals surface area contributed by atoms with Crippen LogP contribution in [0.2, 0.25) is 0 Å². The van der Waals surface area contributed by atoms with E-state index in [1.807, 2.05) is 20.8 Å². The summed E-state index contributed by atoms with van der Waals surface area (Å²) in [6.07, 6.45) is 2.58. The smallest absolute Gasteiger partial charge is 0.243 e. The first kappa shape index (κ1) is 19.6. The summed E-state index contributed by atoms with van der Waals surface area (Å²) in [4.78, 5) is 17.4. The van der Waals surface area contributed by atoms with Gasteiger partial charge in [-0.3, -0.25) is 4.79 Å². The summed E-state index contributed by atoms with van der Waals surface area (Å²) in [6, 6.07) is 6.73. The normalized spacial score (nSPS) is 11.7. The van der Waals surface area contributed by atoms with Crippen LogP contribution < -0.4 is 5.32 Å². The van der Waals surface area contributed by atoms with Gasteiger partial charge >= 0.3 is 0 Å². The number of carbonyl (C=O) groups is 1. The lowest BCUT2D eigenvalue weighted by atomic mass is 10.1. The van der Waals surface area contributed by atoms with Crippen molar-refractivity contribution in [3.8, 4) is 0 Å². The zero-order valence-electron chi connectivity index (χ0n) is 14.7.